The van der Waals surface area contributed by atoms with Crippen molar-refractivity contribution in [3.8, 4) is 0 Å². The minimum absolute atomic E-state index is 0.288. The number of likely N-dealkylation sites (tertiary alicyclic amines) is 1. The molecule has 0 aliphatic carbocycles. The summed E-state index contributed by atoms with van der Waals surface area (Å²) in [6.07, 6.45) is 5.84. The Kier molecular flexibility index (Phi) is 5.61. The second-order valence-electron chi connectivity index (χ2n) is 4.35. The lowest BCUT2D eigenvalue weighted by atomic mass is 10.1. The summed E-state index contributed by atoms with van der Waals surface area (Å²) >= 11 is 0. The molecule has 0 unspecified atom stereocenters. The number of nitrogens with zero attached hydrogens (tertiary/aromatic N) is 1. The van der Waals surface area contributed by atoms with Gasteiger partial charge in [-0.3, -0.25) is 0 Å². The average molecular weight is 233 g/mol. The van der Waals surface area contributed by atoms with Gasteiger partial charge in [0.1, 0.15) is 9.84 Å². The Morgan fingerprint density at radius 2 is 1.73 bits per heavy atom. The van der Waals surface area contributed by atoms with Gasteiger partial charge in [-0.1, -0.05) is 13.3 Å². The van der Waals surface area contributed by atoms with Crippen LogP contribution in [0.4, 0.5) is 0 Å². The van der Waals surface area contributed by atoms with Crippen LogP contribution >= 0.6 is 0 Å². The van der Waals surface area contributed by atoms with Crippen LogP contribution in [0.15, 0.2) is 0 Å². The zero-order valence-corrected chi connectivity index (χ0v) is 10.6. The minimum Gasteiger partial charge on any atom is -0.303 e. The zero-order chi connectivity index (χ0) is 11.1. The molecule has 1 saturated heterocycles. The summed E-state index contributed by atoms with van der Waals surface area (Å²) < 4.78 is 22.5. The molecular weight excluding hydrogens is 210 g/mol. The van der Waals surface area contributed by atoms with Gasteiger partial charge in [0.05, 0.1) is 5.75 Å². The van der Waals surface area contributed by atoms with Gasteiger partial charge in [0.25, 0.3) is 0 Å². The highest BCUT2D eigenvalue weighted by atomic mass is 32.2. The molecule has 0 aromatic rings. The molecule has 1 aliphatic rings. The number of rotatable bonds is 6. The molecule has 0 amide bonds. The first-order chi connectivity index (χ1) is 7.14. The number of piperidine rings is 1. The summed E-state index contributed by atoms with van der Waals surface area (Å²) in [5.41, 5.74) is 0. The predicted octanol–water partition coefficient (Wildman–Crippen LogP) is 1.69. The van der Waals surface area contributed by atoms with Crippen LogP contribution in [0, 0.1) is 0 Å². The van der Waals surface area contributed by atoms with Gasteiger partial charge in [0.2, 0.25) is 0 Å². The number of hydrogen-bond donors (Lipinski definition) is 0. The first-order valence-electron chi connectivity index (χ1n) is 6.07. The molecule has 1 fully saturated rings. The van der Waals surface area contributed by atoms with Gasteiger partial charge in [-0.05, 0) is 45.3 Å². The molecular formula is C11H23NO2S. The van der Waals surface area contributed by atoms with E-state index in [1.165, 1.54) is 32.4 Å². The Hall–Kier alpha value is -0.0900. The van der Waals surface area contributed by atoms with Crippen LogP contribution in [0.3, 0.4) is 0 Å². The lowest BCUT2D eigenvalue weighted by Crippen LogP contribution is -2.30. The second kappa shape index (κ2) is 6.48. The zero-order valence-electron chi connectivity index (χ0n) is 9.74. The van der Waals surface area contributed by atoms with Crippen molar-refractivity contribution < 1.29 is 8.42 Å². The number of sulfone groups is 1. The summed E-state index contributed by atoms with van der Waals surface area (Å²) in [4.78, 5) is 2.46. The van der Waals surface area contributed by atoms with Crippen LogP contribution in [-0.4, -0.2) is 44.5 Å². The highest BCUT2D eigenvalue weighted by molar-refractivity contribution is 7.91. The fraction of sp³-hybridized carbons (Fsp3) is 1.00. The quantitative estimate of drug-likeness (QED) is 0.655. The van der Waals surface area contributed by atoms with E-state index in [0.717, 1.165) is 19.4 Å². The van der Waals surface area contributed by atoms with Crippen molar-refractivity contribution in [2.75, 3.05) is 31.1 Å². The minimum atomic E-state index is -2.74. The molecule has 15 heavy (non-hydrogen) atoms. The van der Waals surface area contributed by atoms with E-state index in [4.69, 9.17) is 0 Å². The van der Waals surface area contributed by atoms with Gasteiger partial charge in [0, 0.05) is 5.75 Å². The molecule has 1 aliphatic heterocycles. The molecule has 0 bridgehead atoms. The van der Waals surface area contributed by atoms with Crippen LogP contribution < -0.4 is 0 Å². The standard InChI is InChI=1S/C11H23NO2S/c1-2-15(13,14)11-7-6-10-12-8-4-3-5-9-12/h2-11H2,1H3. The van der Waals surface area contributed by atoms with Crippen LogP contribution in [0.5, 0.6) is 0 Å². The molecule has 0 radical (unpaired) electrons. The van der Waals surface area contributed by atoms with Crippen molar-refractivity contribution in [1.82, 2.24) is 4.90 Å². The van der Waals surface area contributed by atoms with E-state index in [2.05, 4.69) is 4.90 Å². The summed E-state index contributed by atoms with van der Waals surface area (Å²) in [6.45, 7) is 5.22. The monoisotopic (exact) mass is 233 g/mol. The molecule has 1 rings (SSSR count). The number of unbranched alkanes of at least 4 members (excludes halogenated alkanes) is 1. The van der Waals surface area contributed by atoms with Crippen LogP contribution in [0.25, 0.3) is 0 Å². The van der Waals surface area contributed by atoms with E-state index in [0.29, 0.717) is 5.75 Å². The summed E-state index contributed by atoms with van der Waals surface area (Å²) in [5.74, 6) is 0.661. The van der Waals surface area contributed by atoms with Gasteiger partial charge in [0.15, 0.2) is 0 Å². The van der Waals surface area contributed by atoms with E-state index in [9.17, 15) is 8.42 Å². The highest BCUT2D eigenvalue weighted by Crippen LogP contribution is 2.09. The van der Waals surface area contributed by atoms with E-state index in [1.54, 1.807) is 6.92 Å². The largest absolute Gasteiger partial charge is 0.303 e. The van der Waals surface area contributed by atoms with Crippen molar-refractivity contribution in [3.05, 3.63) is 0 Å². The van der Waals surface area contributed by atoms with Crippen molar-refractivity contribution in [2.45, 2.75) is 39.0 Å². The maximum Gasteiger partial charge on any atom is 0.150 e. The SMILES string of the molecule is CCS(=O)(=O)CCCCN1CCCCC1. The molecule has 3 nitrogen and oxygen atoms in total. The third-order valence-corrected chi connectivity index (χ3v) is 4.86. The maximum absolute atomic E-state index is 11.2. The molecule has 0 N–H and O–H groups in total. The van der Waals surface area contributed by atoms with E-state index in [-0.39, 0.29) is 5.75 Å². The van der Waals surface area contributed by atoms with E-state index < -0.39 is 9.84 Å². The van der Waals surface area contributed by atoms with Crippen LogP contribution in [0.1, 0.15) is 39.0 Å². The molecule has 0 aromatic carbocycles. The molecule has 90 valence electrons. The highest BCUT2D eigenvalue weighted by Gasteiger charge is 2.10. The summed E-state index contributed by atoms with van der Waals surface area (Å²) in [6, 6.07) is 0. The van der Waals surface area contributed by atoms with Crippen molar-refractivity contribution >= 4 is 9.84 Å². The topological polar surface area (TPSA) is 37.4 Å². The Morgan fingerprint density at radius 1 is 1.07 bits per heavy atom. The van der Waals surface area contributed by atoms with Crippen molar-refractivity contribution in [3.63, 3.8) is 0 Å². The molecule has 0 atom stereocenters. The molecule has 0 spiro atoms. The van der Waals surface area contributed by atoms with Gasteiger partial charge in [-0.15, -0.1) is 0 Å². The van der Waals surface area contributed by atoms with Gasteiger partial charge in [-0.2, -0.15) is 0 Å². The van der Waals surface area contributed by atoms with Gasteiger partial charge in [-0.25, -0.2) is 8.42 Å². The predicted molar refractivity (Wildman–Crippen MR) is 63.9 cm³/mol. The summed E-state index contributed by atoms with van der Waals surface area (Å²) in [5, 5.41) is 0. The molecule has 1 heterocycles. The first kappa shape index (κ1) is 13.0. The third-order valence-electron chi connectivity index (χ3n) is 3.07. The van der Waals surface area contributed by atoms with Gasteiger partial charge < -0.3 is 4.90 Å². The second-order valence-corrected chi connectivity index (χ2v) is 6.82. The van der Waals surface area contributed by atoms with Crippen LogP contribution in [-0.2, 0) is 9.84 Å². The molecule has 0 aromatic heterocycles. The first-order valence-corrected chi connectivity index (χ1v) is 7.89. The van der Waals surface area contributed by atoms with Crippen molar-refractivity contribution in [2.24, 2.45) is 0 Å². The average Bonchev–Trinajstić information content (AvgIpc) is 2.26. The van der Waals surface area contributed by atoms with Crippen LogP contribution in [0.2, 0.25) is 0 Å². The van der Waals surface area contributed by atoms with E-state index >= 15 is 0 Å². The fourth-order valence-electron chi connectivity index (χ4n) is 1.98. The fourth-order valence-corrected chi connectivity index (χ4v) is 2.92. The Balaban J connectivity index is 2.06. The Labute approximate surface area is 93.8 Å². The Morgan fingerprint density at radius 3 is 2.33 bits per heavy atom. The van der Waals surface area contributed by atoms with E-state index in [1.807, 2.05) is 0 Å². The third kappa shape index (κ3) is 5.52. The smallest absolute Gasteiger partial charge is 0.150 e. The summed E-state index contributed by atoms with van der Waals surface area (Å²) in [7, 11) is -2.74. The molecule has 4 heteroatoms. The Bertz CT molecular complexity index is 256. The lowest BCUT2D eigenvalue weighted by Gasteiger charge is -2.26. The van der Waals surface area contributed by atoms with Gasteiger partial charge >= 0.3 is 0 Å². The lowest BCUT2D eigenvalue weighted by molar-refractivity contribution is 0.226. The number of hydrogen-bond acceptors (Lipinski definition) is 3. The normalized spacial score (nSPS) is 19.3. The maximum atomic E-state index is 11.2. The van der Waals surface area contributed by atoms with Crippen molar-refractivity contribution in [1.29, 1.82) is 0 Å². The molecule has 0 saturated carbocycles.